The maximum atomic E-state index is 5.34. The third-order valence-electron chi connectivity index (χ3n) is 2.90. The lowest BCUT2D eigenvalue weighted by Crippen LogP contribution is -1.99. The van der Waals surface area contributed by atoms with Crippen LogP contribution in [-0.2, 0) is 11.3 Å². The zero-order chi connectivity index (χ0) is 12.1. The molecule has 0 aliphatic rings. The highest BCUT2D eigenvalue weighted by Gasteiger charge is 2.02. The van der Waals surface area contributed by atoms with Crippen molar-refractivity contribution >= 4 is 26.8 Å². The minimum Gasteiger partial charge on any atom is -0.382 e. The van der Waals surface area contributed by atoms with Crippen LogP contribution >= 0.6 is 15.9 Å². The van der Waals surface area contributed by atoms with Crippen molar-refractivity contribution in [3.8, 4) is 0 Å². The number of hydrogen-bond acceptors (Lipinski definition) is 1. The van der Waals surface area contributed by atoms with Crippen molar-refractivity contribution in [1.82, 2.24) is 4.57 Å². The van der Waals surface area contributed by atoms with Crippen LogP contribution in [0.2, 0.25) is 0 Å². The highest BCUT2D eigenvalue weighted by atomic mass is 79.9. The zero-order valence-electron chi connectivity index (χ0n) is 10.2. The average Bonchev–Trinajstić information content (AvgIpc) is 2.74. The summed E-state index contributed by atoms with van der Waals surface area (Å²) in [4.78, 5) is 0. The molecule has 0 saturated heterocycles. The summed E-state index contributed by atoms with van der Waals surface area (Å²) in [6.07, 6.45) is 4.45. The number of benzene rings is 1. The van der Waals surface area contributed by atoms with Crippen molar-refractivity contribution in [2.75, 3.05) is 13.2 Å². The number of aromatic nitrogens is 1. The van der Waals surface area contributed by atoms with Gasteiger partial charge in [0.1, 0.15) is 0 Å². The molecule has 2 nitrogen and oxygen atoms in total. The monoisotopic (exact) mass is 295 g/mol. The van der Waals surface area contributed by atoms with E-state index in [4.69, 9.17) is 4.74 Å². The first-order chi connectivity index (χ1) is 8.33. The fourth-order valence-corrected chi connectivity index (χ4v) is 2.50. The van der Waals surface area contributed by atoms with Gasteiger partial charge in [-0.15, -0.1) is 0 Å². The molecule has 0 unspecified atom stereocenters. The molecular formula is C14H18BrNO. The van der Waals surface area contributed by atoms with E-state index in [1.807, 2.05) is 6.92 Å². The topological polar surface area (TPSA) is 14.2 Å². The summed E-state index contributed by atoms with van der Waals surface area (Å²) < 4.78 is 8.82. The lowest BCUT2D eigenvalue weighted by atomic mass is 10.2. The number of unbranched alkanes of at least 4 members (excludes halogenated alkanes) is 1. The summed E-state index contributed by atoms with van der Waals surface area (Å²) in [6, 6.07) is 8.51. The molecule has 0 radical (unpaired) electrons. The van der Waals surface area contributed by atoms with Gasteiger partial charge in [0.15, 0.2) is 0 Å². The quantitative estimate of drug-likeness (QED) is 0.728. The van der Waals surface area contributed by atoms with Gasteiger partial charge in [-0.1, -0.05) is 22.0 Å². The largest absolute Gasteiger partial charge is 0.382 e. The maximum Gasteiger partial charge on any atom is 0.0491 e. The van der Waals surface area contributed by atoms with E-state index in [0.717, 1.165) is 32.6 Å². The normalized spacial score (nSPS) is 11.2. The molecule has 17 heavy (non-hydrogen) atoms. The van der Waals surface area contributed by atoms with E-state index >= 15 is 0 Å². The van der Waals surface area contributed by atoms with Gasteiger partial charge in [0.2, 0.25) is 0 Å². The lowest BCUT2D eigenvalue weighted by Gasteiger charge is -2.06. The Morgan fingerprint density at radius 2 is 2.12 bits per heavy atom. The molecule has 0 aliphatic carbocycles. The number of fused-ring (bicyclic) bond motifs is 1. The molecule has 1 heterocycles. The molecule has 2 rings (SSSR count). The van der Waals surface area contributed by atoms with Crippen LogP contribution in [0.4, 0.5) is 0 Å². The predicted octanol–water partition coefficient (Wildman–Crippen LogP) is 4.22. The van der Waals surface area contributed by atoms with Crippen LogP contribution in [0, 0.1) is 0 Å². The van der Waals surface area contributed by atoms with Crippen LogP contribution in [-0.4, -0.2) is 17.8 Å². The van der Waals surface area contributed by atoms with E-state index in [1.165, 1.54) is 15.4 Å². The molecule has 0 atom stereocenters. The lowest BCUT2D eigenvalue weighted by molar-refractivity contribution is 0.142. The van der Waals surface area contributed by atoms with E-state index in [0.29, 0.717) is 0 Å². The molecule has 1 aromatic heterocycles. The Morgan fingerprint density at radius 3 is 2.94 bits per heavy atom. The Bertz CT molecular complexity index is 478. The first-order valence-electron chi connectivity index (χ1n) is 6.14. The Hall–Kier alpha value is -0.800. The number of halogens is 1. The van der Waals surface area contributed by atoms with Crippen molar-refractivity contribution in [1.29, 1.82) is 0 Å². The summed E-state index contributed by atoms with van der Waals surface area (Å²) in [5.74, 6) is 0. The van der Waals surface area contributed by atoms with Gasteiger partial charge < -0.3 is 9.30 Å². The summed E-state index contributed by atoms with van der Waals surface area (Å²) >= 11 is 3.58. The molecule has 1 aromatic carbocycles. The third kappa shape index (κ3) is 3.11. The van der Waals surface area contributed by atoms with Gasteiger partial charge >= 0.3 is 0 Å². The summed E-state index contributed by atoms with van der Waals surface area (Å²) in [5.41, 5.74) is 1.30. The second-order valence-corrected chi connectivity index (χ2v) is 4.94. The Balaban J connectivity index is 1.97. The smallest absolute Gasteiger partial charge is 0.0491 e. The highest BCUT2D eigenvalue weighted by molar-refractivity contribution is 9.10. The summed E-state index contributed by atoms with van der Waals surface area (Å²) in [6.45, 7) is 4.79. The second kappa shape index (κ2) is 6.22. The van der Waals surface area contributed by atoms with E-state index in [2.05, 4.69) is 51.0 Å². The van der Waals surface area contributed by atoms with Crippen LogP contribution in [0.25, 0.3) is 10.9 Å². The molecule has 0 N–H and O–H groups in total. The first-order valence-corrected chi connectivity index (χ1v) is 6.93. The summed E-state index contributed by atoms with van der Waals surface area (Å²) in [7, 11) is 0. The van der Waals surface area contributed by atoms with Crippen molar-refractivity contribution in [2.24, 2.45) is 0 Å². The molecule has 3 heteroatoms. The third-order valence-corrected chi connectivity index (χ3v) is 3.59. The molecule has 0 saturated carbocycles. The van der Waals surface area contributed by atoms with Gasteiger partial charge in [0.05, 0.1) is 0 Å². The number of nitrogens with zero attached hydrogens (tertiary/aromatic N) is 1. The van der Waals surface area contributed by atoms with Gasteiger partial charge in [-0.05, 0) is 38.0 Å². The predicted molar refractivity (Wildman–Crippen MR) is 75.4 cm³/mol. The van der Waals surface area contributed by atoms with Gasteiger partial charge in [-0.2, -0.15) is 0 Å². The van der Waals surface area contributed by atoms with Crippen molar-refractivity contribution in [3.63, 3.8) is 0 Å². The molecule has 0 amide bonds. The molecule has 0 bridgehead atoms. The van der Waals surface area contributed by atoms with Crippen molar-refractivity contribution < 1.29 is 4.74 Å². The minimum absolute atomic E-state index is 0.819. The Kier molecular flexibility index (Phi) is 4.63. The first kappa shape index (κ1) is 12.7. The fraction of sp³-hybridized carbons (Fsp3) is 0.429. The maximum absolute atomic E-state index is 5.34. The van der Waals surface area contributed by atoms with Gasteiger partial charge in [0, 0.05) is 41.3 Å². The van der Waals surface area contributed by atoms with Crippen LogP contribution in [0.3, 0.4) is 0 Å². The van der Waals surface area contributed by atoms with Crippen LogP contribution in [0.1, 0.15) is 19.8 Å². The van der Waals surface area contributed by atoms with Crippen molar-refractivity contribution in [2.45, 2.75) is 26.3 Å². The second-order valence-electron chi connectivity index (χ2n) is 4.09. The zero-order valence-corrected chi connectivity index (χ0v) is 11.7. The fourth-order valence-electron chi connectivity index (χ4n) is 2.01. The van der Waals surface area contributed by atoms with E-state index in [9.17, 15) is 0 Å². The number of ether oxygens (including phenoxy) is 1. The van der Waals surface area contributed by atoms with E-state index < -0.39 is 0 Å². The minimum atomic E-state index is 0.819. The molecular weight excluding hydrogens is 278 g/mol. The molecule has 0 aliphatic heterocycles. The standard InChI is InChI=1S/C14H18BrNO/c1-2-17-11-4-3-9-16-10-8-12-13(15)6-5-7-14(12)16/h5-8,10H,2-4,9,11H2,1H3. The average molecular weight is 296 g/mol. The van der Waals surface area contributed by atoms with Gasteiger partial charge in [-0.25, -0.2) is 0 Å². The SMILES string of the molecule is CCOCCCCn1ccc2c(Br)cccc21. The van der Waals surface area contributed by atoms with Crippen molar-refractivity contribution in [3.05, 3.63) is 34.9 Å². The Labute approximate surface area is 111 Å². The molecule has 0 spiro atoms. The molecule has 2 aromatic rings. The van der Waals surface area contributed by atoms with Gasteiger partial charge in [-0.3, -0.25) is 0 Å². The molecule has 0 fully saturated rings. The van der Waals surface area contributed by atoms with E-state index in [1.54, 1.807) is 0 Å². The van der Waals surface area contributed by atoms with Crippen LogP contribution in [0.5, 0.6) is 0 Å². The van der Waals surface area contributed by atoms with Crippen LogP contribution < -0.4 is 0 Å². The Morgan fingerprint density at radius 1 is 1.24 bits per heavy atom. The highest BCUT2D eigenvalue weighted by Crippen LogP contribution is 2.24. The number of rotatable bonds is 6. The summed E-state index contributed by atoms with van der Waals surface area (Å²) in [5, 5.41) is 1.29. The van der Waals surface area contributed by atoms with E-state index in [-0.39, 0.29) is 0 Å². The number of aryl methyl sites for hydroxylation is 1. The number of hydrogen-bond donors (Lipinski definition) is 0. The van der Waals surface area contributed by atoms with Crippen LogP contribution in [0.15, 0.2) is 34.9 Å². The van der Waals surface area contributed by atoms with Gasteiger partial charge in [0.25, 0.3) is 0 Å². The molecule has 92 valence electrons.